The lowest BCUT2D eigenvalue weighted by Crippen LogP contribution is -2.46. The second-order valence-electron chi connectivity index (χ2n) is 7.87. The van der Waals surface area contributed by atoms with Crippen LogP contribution in [0.15, 0.2) is 36.4 Å². The Hall–Kier alpha value is -3.55. The van der Waals surface area contributed by atoms with Crippen LogP contribution in [0, 0.1) is 13.8 Å². The van der Waals surface area contributed by atoms with Gasteiger partial charge in [-0.25, -0.2) is 4.79 Å². The van der Waals surface area contributed by atoms with Crippen LogP contribution in [-0.4, -0.2) is 41.6 Å². The topological polar surface area (TPSA) is 97.0 Å². The van der Waals surface area contributed by atoms with Gasteiger partial charge in [0.25, 0.3) is 5.91 Å². The average molecular weight is 409 g/mol. The zero-order valence-electron chi connectivity index (χ0n) is 17.1. The predicted octanol–water partition coefficient (Wildman–Crippen LogP) is 2.52. The van der Waals surface area contributed by atoms with Crippen LogP contribution in [0.3, 0.4) is 0 Å². The van der Waals surface area contributed by atoms with Crippen LogP contribution in [-0.2, 0) is 16.0 Å². The van der Waals surface area contributed by atoms with Gasteiger partial charge in [-0.15, -0.1) is 0 Å². The van der Waals surface area contributed by atoms with Crippen molar-refractivity contribution in [1.82, 2.24) is 10.2 Å². The van der Waals surface area contributed by atoms with E-state index in [0.717, 1.165) is 21.6 Å². The van der Waals surface area contributed by atoms with Crippen molar-refractivity contribution in [2.75, 3.05) is 18.7 Å². The molecule has 8 heteroatoms. The molecular weight excluding hydrogens is 386 g/mol. The number of nitrogens with zero attached hydrogens (tertiary/aromatic N) is 1. The van der Waals surface area contributed by atoms with Crippen LogP contribution >= 0.6 is 0 Å². The Morgan fingerprint density at radius 1 is 1.10 bits per heavy atom. The molecule has 2 aromatic carbocycles. The monoisotopic (exact) mass is 409 g/mol. The summed E-state index contributed by atoms with van der Waals surface area (Å²) in [6.45, 7) is 5.39. The Morgan fingerprint density at radius 3 is 2.63 bits per heavy atom. The molecule has 0 spiro atoms. The third-order valence-corrected chi connectivity index (χ3v) is 5.43. The van der Waals surface area contributed by atoms with Gasteiger partial charge in [-0.05, 0) is 61.7 Å². The fourth-order valence-corrected chi connectivity index (χ4v) is 3.63. The minimum Gasteiger partial charge on any atom is -0.454 e. The summed E-state index contributed by atoms with van der Waals surface area (Å²) in [4.78, 5) is 38.8. The van der Waals surface area contributed by atoms with Crippen LogP contribution in [0.4, 0.5) is 10.5 Å². The van der Waals surface area contributed by atoms with Crippen LogP contribution in [0.5, 0.6) is 11.5 Å². The van der Waals surface area contributed by atoms with Crippen molar-refractivity contribution in [3.63, 3.8) is 0 Å². The van der Waals surface area contributed by atoms with E-state index in [1.807, 2.05) is 32.0 Å². The number of hydrogen-bond donors (Lipinski definition) is 2. The Morgan fingerprint density at radius 2 is 1.87 bits per heavy atom. The molecule has 4 rings (SSSR count). The summed E-state index contributed by atoms with van der Waals surface area (Å²) >= 11 is 0. The number of nitrogens with one attached hydrogen (secondary N) is 2. The lowest BCUT2D eigenvalue weighted by atomic mass is 9.92. The first kappa shape index (κ1) is 19.8. The summed E-state index contributed by atoms with van der Waals surface area (Å²) in [5, 5.41) is 5.46. The first-order valence-electron chi connectivity index (χ1n) is 9.65. The van der Waals surface area contributed by atoms with Gasteiger partial charge in [-0.3, -0.25) is 14.5 Å². The van der Waals surface area contributed by atoms with Gasteiger partial charge in [0, 0.05) is 12.1 Å². The van der Waals surface area contributed by atoms with Crippen molar-refractivity contribution in [3.8, 4) is 11.5 Å². The molecule has 8 nitrogen and oxygen atoms in total. The molecule has 30 heavy (non-hydrogen) atoms. The number of amides is 4. The summed E-state index contributed by atoms with van der Waals surface area (Å²) in [6, 6.07) is 10.4. The van der Waals surface area contributed by atoms with Crippen molar-refractivity contribution in [2.45, 2.75) is 32.7 Å². The van der Waals surface area contributed by atoms with Crippen molar-refractivity contribution < 1.29 is 23.9 Å². The number of fused-ring (bicyclic) bond motifs is 1. The molecule has 1 atom stereocenters. The normalized spacial score (nSPS) is 19.8. The molecule has 4 amide bonds. The predicted molar refractivity (Wildman–Crippen MR) is 109 cm³/mol. The Balaban J connectivity index is 1.43. The molecule has 0 radical (unpaired) electrons. The van der Waals surface area contributed by atoms with E-state index in [1.54, 1.807) is 25.1 Å². The number of urea groups is 1. The SMILES string of the molecule is Cc1ccc(NC(=O)CN2C(=O)NC(C)(Cc3ccc4c(c3)OCO4)C2=O)cc1C. The number of carbonyl (C=O) groups excluding carboxylic acids is 3. The van der Waals surface area contributed by atoms with E-state index < -0.39 is 23.4 Å². The fraction of sp³-hybridized carbons (Fsp3) is 0.318. The van der Waals surface area contributed by atoms with Gasteiger partial charge in [0.15, 0.2) is 11.5 Å². The highest BCUT2D eigenvalue weighted by Crippen LogP contribution is 2.34. The standard InChI is InChI=1S/C22H23N3O5/c1-13-4-6-16(8-14(13)2)23-19(26)11-25-20(27)22(3,24-21(25)28)10-15-5-7-17-18(9-15)30-12-29-17/h4-9H,10-12H2,1-3H3,(H,23,26)(H,24,28). The van der Waals surface area contributed by atoms with Crippen molar-refractivity contribution >= 4 is 23.5 Å². The maximum atomic E-state index is 13.0. The van der Waals surface area contributed by atoms with E-state index in [9.17, 15) is 14.4 Å². The summed E-state index contributed by atoms with van der Waals surface area (Å²) in [5.74, 6) is 0.377. The molecule has 2 aromatic rings. The Bertz CT molecular complexity index is 1050. The molecular formula is C22H23N3O5. The van der Waals surface area contributed by atoms with Gasteiger partial charge in [0.1, 0.15) is 12.1 Å². The number of aryl methyl sites for hydroxylation is 2. The lowest BCUT2D eigenvalue weighted by molar-refractivity contribution is -0.133. The molecule has 2 aliphatic heterocycles. The van der Waals surface area contributed by atoms with Gasteiger partial charge < -0.3 is 20.1 Å². The third kappa shape index (κ3) is 3.68. The summed E-state index contributed by atoms with van der Waals surface area (Å²) in [7, 11) is 0. The van der Waals surface area contributed by atoms with Gasteiger partial charge in [-0.1, -0.05) is 12.1 Å². The number of hydrogen-bond acceptors (Lipinski definition) is 5. The smallest absolute Gasteiger partial charge is 0.325 e. The number of imide groups is 1. The molecule has 0 aliphatic carbocycles. The fourth-order valence-electron chi connectivity index (χ4n) is 3.63. The van der Waals surface area contributed by atoms with Crippen molar-refractivity contribution in [1.29, 1.82) is 0 Å². The molecule has 0 bridgehead atoms. The number of benzene rings is 2. The summed E-state index contributed by atoms with van der Waals surface area (Å²) < 4.78 is 10.7. The van der Waals surface area contributed by atoms with E-state index in [2.05, 4.69) is 10.6 Å². The van der Waals surface area contributed by atoms with Crippen molar-refractivity contribution in [2.24, 2.45) is 0 Å². The molecule has 1 saturated heterocycles. The van der Waals surface area contributed by atoms with Crippen LogP contribution in [0.25, 0.3) is 0 Å². The minimum atomic E-state index is -1.15. The lowest BCUT2D eigenvalue weighted by Gasteiger charge is -2.22. The quantitative estimate of drug-likeness (QED) is 0.740. The van der Waals surface area contributed by atoms with Gasteiger partial charge in [-0.2, -0.15) is 0 Å². The van der Waals surface area contributed by atoms with Crippen LogP contribution in [0.1, 0.15) is 23.6 Å². The number of rotatable bonds is 5. The van der Waals surface area contributed by atoms with E-state index in [0.29, 0.717) is 17.2 Å². The van der Waals surface area contributed by atoms with E-state index in [4.69, 9.17) is 9.47 Å². The first-order chi connectivity index (χ1) is 14.2. The highest BCUT2D eigenvalue weighted by molar-refractivity contribution is 6.10. The minimum absolute atomic E-state index is 0.162. The Labute approximate surface area is 174 Å². The molecule has 0 saturated carbocycles. The maximum absolute atomic E-state index is 13.0. The number of ether oxygens (including phenoxy) is 2. The first-order valence-corrected chi connectivity index (χ1v) is 9.65. The van der Waals surface area contributed by atoms with E-state index in [1.165, 1.54) is 0 Å². The number of carbonyl (C=O) groups is 3. The molecule has 1 unspecified atom stereocenters. The largest absolute Gasteiger partial charge is 0.454 e. The number of anilines is 1. The highest BCUT2D eigenvalue weighted by Gasteiger charge is 2.48. The molecule has 0 aromatic heterocycles. The zero-order chi connectivity index (χ0) is 21.5. The molecule has 2 N–H and O–H groups in total. The van der Waals surface area contributed by atoms with Crippen molar-refractivity contribution in [3.05, 3.63) is 53.1 Å². The Kier molecular flexibility index (Phi) is 4.85. The van der Waals surface area contributed by atoms with Crippen LogP contribution < -0.4 is 20.1 Å². The second-order valence-corrected chi connectivity index (χ2v) is 7.87. The van der Waals surface area contributed by atoms with Crippen LogP contribution in [0.2, 0.25) is 0 Å². The third-order valence-electron chi connectivity index (χ3n) is 5.43. The highest BCUT2D eigenvalue weighted by atomic mass is 16.7. The van der Waals surface area contributed by atoms with Gasteiger partial charge in [0.2, 0.25) is 12.7 Å². The van der Waals surface area contributed by atoms with E-state index in [-0.39, 0.29) is 19.8 Å². The molecule has 156 valence electrons. The molecule has 2 aliphatic rings. The second kappa shape index (κ2) is 7.37. The maximum Gasteiger partial charge on any atom is 0.325 e. The zero-order valence-corrected chi connectivity index (χ0v) is 17.1. The summed E-state index contributed by atoms with van der Waals surface area (Å²) in [6.07, 6.45) is 0.267. The van der Waals surface area contributed by atoms with E-state index >= 15 is 0 Å². The summed E-state index contributed by atoms with van der Waals surface area (Å²) in [5.41, 5.74) is 2.45. The van der Waals surface area contributed by atoms with Gasteiger partial charge in [0.05, 0.1) is 0 Å². The molecule has 2 heterocycles. The molecule has 1 fully saturated rings. The average Bonchev–Trinajstić information content (AvgIpc) is 3.23. The van der Waals surface area contributed by atoms with Gasteiger partial charge >= 0.3 is 6.03 Å².